The number of hydrogen-bond donors (Lipinski definition) is 2. The van der Waals surface area contributed by atoms with E-state index in [-0.39, 0.29) is 34.4 Å². The molecule has 2 aromatic carbocycles. The summed E-state index contributed by atoms with van der Waals surface area (Å²) in [6, 6.07) is 5.31. The molecule has 2 N–H and O–H groups in total. The summed E-state index contributed by atoms with van der Waals surface area (Å²) in [5.74, 6) is -0.232. The van der Waals surface area contributed by atoms with Gasteiger partial charge in [0.05, 0.1) is 21.2 Å². The largest absolute Gasteiger partial charge is 0.482 e. The Morgan fingerprint density at radius 3 is 2.59 bits per heavy atom. The molecule has 2 aromatic rings. The van der Waals surface area contributed by atoms with Gasteiger partial charge in [0.2, 0.25) is 0 Å². The first kappa shape index (κ1) is 19.3. The van der Waals surface area contributed by atoms with Gasteiger partial charge >= 0.3 is 6.18 Å². The molecule has 6 nitrogen and oxygen atoms in total. The van der Waals surface area contributed by atoms with Crippen LogP contribution in [0.15, 0.2) is 35.2 Å². The highest BCUT2D eigenvalue weighted by Gasteiger charge is 2.34. The first-order valence-corrected chi connectivity index (χ1v) is 9.30. The van der Waals surface area contributed by atoms with E-state index in [1.807, 2.05) is 0 Å². The molecule has 1 aliphatic rings. The van der Waals surface area contributed by atoms with E-state index in [2.05, 4.69) is 10.0 Å². The molecular formula is C16H12ClF3N2O4S. The highest BCUT2D eigenvalue weighted by molar-refractivity contribution is 7.92. The van der Waals surface area contributed by atoms with Crippen LogP contribution in [0, 0.1) is 6.92 Å². The summed E-state index contributed by atoms with van der Waals surface area (Å²) in [7, 11) is -4.22. The summed E-state index contributed by atoms with van der Waals surface area (Å²) in [5.41, 5.74) is -0.860. The van der Waals surface area contributed by atoms with E-state index in [0.717, 1.165) is 12.1 Å². The van der Waals surface area contributed by atoms with Crippen molar-refractivity contribution in [2.75, 3.05) is 16.6 Å². The third kappa shape index (κ3) is 3.96. The molecule has 0 fully saturated rings. The lowest BCUT2D eigenvalue weighted by Gasteiger charge is -2.20. The van der Waals surface area contributed by atoms with Crippen molar-refractivity contribution in [2.45, 2.75) is 18.0 Å². The van der Waals surface area contributed by atoms with E-state index in [1.165, 1.54) is 19.1 Å². The van der Waals surface area contributed by atoms with Crippen molar-refractivity contribution >= 4 is 38.9 Å². The van der Waals surface area contributed by atoms with Gasteiger partial charge in [-0.25, -0.2) is 8.42 Å². The van der Waals surface area contributed by atoms with Crippen LogP contribution in [0.3, 0.4) is 0 Å². The van der Waals surface area contributed by atoms with Crippen LogP contribution in [0.2, 0.25) is 5.02 Å². The Hall–Kier alpha value is -2.46. The molecule has 1 aliphatic heterocycles. The average Bonchev–Trinajstić information content (AvgIpc) is 2.54. The number of carbonyl (C=O) groups excluding carboxylic acids is 1. The lowest BCUT2D eigenvalue weighted by atomic mass is 10.2. The highest BCUT2D eigenvalue weighted by Crippen LogP contribution is 2.37. The number of sulfonamides is 1. The molecule has 0 saturated heterocycles. The Balaban J connectivity index is 1.98. The fourth-order valence-electron chi connectivity index (χ4n) is 2.52. The van der Waals surface area contributed by atoms with Crippen LogP contribution in [0.5, 0.6) is 5.75 Å². The van der Waals surface area contributed by atoms with Gasteiger partial charge in [0, 0.05) is 11.8 Å². The van der Waals surface area contributed by atoms with E-state index < -0.39 is 26.8 Å². The molecule has 27 heavy (non-hydrogen) atoms. The lowest BCUT2D eigenvalue weighted by molar-refractivity contribution is -0.137. The monoisotopic (exact) mass is 420 g/mol. The Labute approximate surface area is 157 Å². The first-order chi connectivity index (χ1) is 12.5. The number of benzene rings is 2. The van der Waals surface area contributed by atoms with Crippen molar-refractivity contribution in [1.82, 2.24) is 0 Å². The van der Waals surface area contributed by atoms with Gasteiger partial charge in [-0.1, -0.05) is 11.6 Å². The lowest BCUT2D eigenvalue weighted by Crippen LogP contribution is -2.26. The zero-order chi connectivity index (χ0) is 20.0. The quantitative estimate of drug-likeness (QED) is 0.791. The molecule has 0 atom stereocenters. The van der Waals surface area contributed by atoms with Gasteiger partial charge < -0.3 is 10.1 Å². The number of carbonyl (C=O) groups is 1. The molecule has 0 unspecified atom stereocenters. The fourth-order valence-corrected chi connectivity index (χ4v) is 4.04. The molecule has 0 bridgehead atoms. The SMILES string of the molecule is Cc1cc2c(cc1S(=O)(=O)Nc1ccc(Cl)c(C(F)(F)F)c1)OCC(=O)N2. The third-order valence-electron chi connectivity index (χ3n) is 3.72. The maximum Gasteiger partial charge on any atom is 0.417 e. The number of halogens is 4. The van der Waals surface area contributed by atoms with E-state index in [9.17, 15) is 26.4 Å². The van der Waals surface area contributed by atoms with Crippen molar-refractivity contribution in [3.05, 3.63) is 46.5 Å². The summed E-state index contributed by atoms with van der Waals surface area (Å²) in [6.45, 7) is 1.22. The number of hydrogen-bond acceptors (Lipinski definition) is 4. The Bertz CT molecular complexity index is 1040. The third-order valence-corrected chi connectivity index (χ3v) is 5.58. The van der Waals surface area contributed by atoms with Crippen LogP contribution in [0.4, 0.5) is 24.5 Å². The highest BCUT2D eigenvalue weighted by atomic mass is 35.5. The molecular weight excluding hydrogens is 409 g/mol. The maximum absolute atomic E-state index is 13.0. The van der Waals surface area contributed by atoms with Crippen molar-refractivity contribution in [2.24, 2.45) is 0 Å². The average molecular weight is 421 g/mol. The summed E-state index contributed by atoms with van der Waals surface area (Å²) in [5, 5.41) is 2.00. The van der Waals surface area contributed by atoms with Gasteiger partial charge in [-0.3, -0.25) is 9.52 Å². The Morgan fingerprint density at radius 2 is 1.93 bits per heavy atom. The number of rotatable bonds is 3. The van der Waals surface area contributed by atoms with Crippen molar-refractivity contribution in [3.8, 4) is 5.75 Å². The summed E-state index contributed by atoms with van der Waals surface area (Å²) < 4.78 is 71.5. The zero-order valence-electron chi connectivity index (χ0n) is 13.6. The van der Waals surface area contributed by atoms with Crippen LogP contribution in [0.25, 0.3) is 0 Å². The number of amides is 1. The van der Waals surface area contributed by atoms with Gasteiger partial charge in [0.15, 0.2) is 6.61 Å². The van der Waals surface area contributed by atoms with Crippen molar-refractivity contribution in [3.63, 3.8) is 0 Å². The van der Waals surface area contributed by atoms with Gasteiger partial charge in [0.25, 0.3) is 15.9 Å². The number of nitrogens with one attached hydrogen (secondary N) is 2. The van der Waals surface area contributed by atoms with Gasteiger partial charge in [-0.05, 0) is 36.8 Å². The molecule has 1 amide bonds. The molecule has 3 rings (SSSR count). The van der Waals surface area contributed by atoms with Gasteiger partial charge in [-0.15, -0.1) is 0 Å². The van der Waals surface area contributed by atoms with Crippen LogP contribution in [0.1, 0.15) is 11.1 Å². The molecule has 11 heteroatoms. The maximum atomic E-state index is 13.0. The molecule has 144 valence electrons. The summed E-state index contributed by atoms with van der Waals surface area (Å²) in [6.07, 6.45) is -4.73. The number of aryl methyl sites for hydroxylation is 1. The van der Waals surface area contributed by atoms with Gasteiger partial charge in [-0.2, -0.15) is 13.2 Å². The summed E-state index contributed by atoms with van der Waals surface area (Å²) >= 11 is 5.54. The summed E-state index contributed by atoms with van der Waals surface area (Å²) in [4.78, 5) is 11.1. The van der Waals surface area contributed by atoms with E-state index >= 15 is 0 Å². The Morgan fingerprint density at radius 1 is 1.22 bits per heavy atom. The molecule has 1 heterocycles. The van der Waals surface area contributed by atoms with Crippen LogP contribution in [-0.2, 0) is 21.0 Å². The zero-order valence-corrected chi connectivity index (χ0v) is 15.2. The van der Waals surface area contributed by atoms with E-state index in [1.54, 1.807) is 0 Å². The minimum Gasteiger partial charge on any atom is -0.482 e. The molecule has 0 aromatic heterocycles. The normalized spacial score (nSPS) is 14.2. The van der Waals surface area contributed by atoms with Gasteiger partial charge in [0.1, 0.15) is 5.75 Å². The van der Waals surface area contributed by atoms with Crippen molar-refractivity contribution in [1.29, 1.82) is 0 Å². The Kier molecular flexibility index (Phi) is 4.73. The van der Waals surface area contributed by atoms with E-state index in [4.69, 9.17) is 16.3 Å². The number of fused-ring (bicyclic) bond motifs is 1. The minimum absolute atomic E-state index is 0.146. The second-order valence-corrected chi connectivity index (χ2v) is 7.81. The van der Waals surface area contributed by atoms with Crippen LogP contribution >= 0.6 is 11.6 Å². The van der Waals surface area contributed by atoms with E-state index in [0.29, 0.717) is 11.8 Å². The number of anilines is 2. The fraction of sp³-hybridized carbons (Fsp3) is 0.188. The molecule has 0 spiro atoms. The standard InChI is InChI=1S/C16H12ClF3N2O4S/c1-8-4-12-13(26-7-15(23)21-12)6-14(8)27(24,25)22-9-2-3-11(17)10(5-9)16(18,19)20/h2-6,22H,7H2,1H3,(H,21,23). The molecule has 0 radical (unpaired) electrons. The second-order valence-electron chi connectivity index (χ2n) is 5.75. The second kappa shape index (κ2) is 6.61. The smallest absolute Gasteiger partial charge is 0.417 e. The minimum atomic E-state index is -4.73. The topological polar surface area (TPSA) is 84.5 Å². The first-order valence-electron chi connectivity index (χ1n) is 7.44. The van der Waals surface area contributed by atoms with Crippen LogP contribution in [-0.4, -0.2) is 20.9 Å². The van der Waals surface area contributed by atoms with Crippen LogP contribution < -0.4 is 14.8 Å². The molecule has 0 aliphatic carbocycles. The predicted molar refractivity (Wildman–Crippen MR) is 92.6 cm³/mol. The number of alkyl halides is 3. The van der Waals surface area contributed by atoms with Crippen molar-refractivity contribution < 1.29 is 31.1 Å². The predicted octanol–water partition coefficient (Wildman–Crippen LogP) is 3.80. The molecule has 0 saturated carbocycles. The number of ether oxygens (including phenoxy) is 1.